The Labute approximate surface area is 200 Å². The van der Waals surface area contributed by atoms with Crippen LogP contribution in [0.4, 0.5) is 5.95 Å². The molecule has 9 nitrogen and oxygen atoms in total. The molecule has 1 aliphatic rings. The summed E-state index contributed by atoms with van der Waals surface area (Å²) < 4.78 is 7.24. The molecule has 2 atom stereocenters. The predicted molar refractivity (Wildman–Crippen MR) is 127 cm³/mol. The minimum absolute atomic E-state index is 0.136. The number of hydrogen-bond acceptors (Lipinski definition) is 7. The summed E-state index contributed by atoms with van der Waals surface area (Å²) in [6, 6.07) is 23.0. The highest BCUT2D eigenvalue weighted by molar-refractivity contribution is 6.03. The van der Waals surface area contributed by atoms with Gasteiger partial charge in [0.25, 0.3) is 5.95 Å². The molecule has 0 fully saturated rings. The van der Waals surface area contributed by atoms with Crippen molar-refractivity contribution in [2.45, 2.75) is 19.6 Å². The number of hydrogen-bond donors (Lipinski definition) is 1. The average Bonchev–Trinajstić information content (AvgIpc) is 3.35. The molecule has 3 aromatic carbocycles. The van der Waals surface area contributed by atoms with E-state index >= 15 is 0 Å². The number of benzene rings is 3. The summed E-state index contributed by atoms with van der Waals surface area (Å²) in [6.07, 6.45) is 0. The van der Waals surface area contributed by atoms with E-state index in [1.807, 2.05) is 54.6 Å². The van der Waals surface area contributed by atoms with Crippen molar-refractivity contribution in [2.75, 3.05) is 0 Å². The van der Waals surface area contributed by atoms with Gasteiger partial charge in [-0.2, -0.15) is 0 Å². The maximum Gasteiger partial charge on any atom is 0.335 e. The van der Waals surface area contributed by atoms with Crippen LogP contribution in [0.25, 0.3) is 11.1 Å². The van der Waals surface area contributed by atoms with Crippen LogP contribution < -0.4 is 0 Å². The Hall–Kier alpha value is -4.66. The second kappa shape index (κ2) is 9.30. The zero-order valence-corrected chi connectivity index (χ0v) is 18.8. The molecule has 2 unspecified atom stereocenters. The van der Waals surface area contributed by atoms with Crippen molar-refractivity contribution in [2.24, 2.45) is 10.9 Å². The summed E-state index contributed by atoms with van der Waals surface area (Å²) >= 11 is 0. The van der Waals surface area contributed by atoms with Crippen LogP contribution in [-0.2, 0) is 16.1 Å². The molecule has 0 bridgehead atoms. The summed E-state index contributed by atoms with van der Waals surface area (Å²) in [5.74, 6) is -1.88. The lowest BCUT2D eigenvalue weighted by Crippen LogP contribution is -2.37. The van der Waals surface area contributed by atoms with E-state index in [0.717, 1.165) is 22.3 Å². The van der Waals surface area contributed by atoms with Crippen LogP contribution in [-0.4, -0.2) is 43.0 Å². The molecule has 174 valence electrons. The van der Waals surface area contributed by atoms with Crippen LogP contribution in [0.3, 0.4) is 0 Å². The van der Waals surface area contributed by atoms with E-state index in [1.165, 1.54) is 4.68 Å². The standard InChI is InChI=1S/C26H21N5O4/c1-16-22(25(34)35-15-17-7-3-2-4-8-17)23(31-26(27-16)28-29-30-31)21-10-6-5-9-20(21)18-11-13-19(14-12-18)24(32)33/h2-14,22-23H,15H2,1H3,(H,32,33). The summed E-state index contributed by atoms with van der Waals surface area (Å²) in [5.41, 5.74) is 4.04. The minimum atomic E-state index is -0.997. The molecule has 0 saturated heterocycles. The van der Waals surface area contributed by atoms with Crippen LogP contribution >= 0.6 is 0 Å². The van der Waals surface area contributed by atoms with E-state index in [-0.39, 0.29) is 12.2 Å². The fourth-order valence-corrected chi connectivity index (χ4v) is 4.28. The molecule has 1 N–H and O–H groups in total. The van der Waals surface area contributed by atoms with E-state index in [9.17, 15) is 14.7 Å². The minimum Gasteiger partial charge on any atom is -0.478 e. The first-order chi connectivity index (χ1) is 17.0. The smallest absolute Gasteiger partial charge is 0.335 e. The van der Waals surface area contributed by atoms with Crippen molar-refractivity contribution in [1.82, 2.24) is 20.2 Å². The normalized spacial score (nSPS) is 16.8. The summed E-state index contributed by atoms with van der Waals surface area (Å²) in [6.45, 7) is 1.90. The van der Waals surface area contributed by atoms with Crippen molar-refractivity contribution >= 4 is 23.6 Å². The summed E-state index contributed by atoms with van der Waals surface area (Å²) in [5, 5.41) is 21.2. The van der Waals surface area contributed by atoms with Gasteiger partial charge in [0, 0.05) is 5.71 Å². The number of aliphatic imine (C=N–C) groups is 1. The fourth-order valence-electron chi connectivity index (χ4n) is 4.28. The van der Waals surface area contributed by atoms with Gasteiger partial charge in [-0.3, -0.25) is 4.79 Å². The largest absolute Gasteiger partial charge is 0.478 e. The van der Waals surface area contributed by atoms with Crippen LogP contribution in [0, 0.1) is 5.92 Å². The second-order valence-corrected chi connectivity index (χ2v) is 8.16. The number of aromatic carboxylic acids is 1. The van der Waals surface area contributed by atoms with Gasteiger partial charge in [-0.05, 0) is 51.7 Å². The molecule has 2 heterocycles. The highest BCUT2D eigenvalue weighted by Crippen LogP contribution is 2.39. The van der Waals surface area contributed by atoms with Crippen molar-refractivity contribution in [3.8, 4) is 11.1 Å². The molecule has 0 radical (unpaired) electrons. The van der Waals surface area contributed by atoms with E-state index < -0.39 is 23.9 Å². The number of carboxylic acids is 1. The van der Waals surface area contributed by atoms with Crippen LogP contribution in [0.5, 0.6) is 0 Å². The Morgan fingerprint density at radius 2 is 1.69 bits per heavy atom. The lowest BCUT2D eigenvalue weighted by atomic mass is 9.84. The van der Waals surface area contributed by atoms with Gasteiger partial charge >= 0.3 is 11.9 Å². The van der Waals surface area contributed by atoms with Gasteiger partial charge in [0.15, 0.2) is 0 Å². The fraction of sp³-hybridized carbons (Fsp3) is 0.154. The number of nitrogens with zero attached hydrogens (tertiary/aromatic N) is 5. The number of ether oxygens (including phenoxy) is 1. The number of tetrazole rings is 1. The highest BCUT2D eigenvalue weighted by Gasteiger charge is 2.41. The summed E-state index contributed by atoms with van der Waals surface area (Å²) in [4.78, 5) is 29.2. The average molecular weight is 467 g/mol. The number of esters is 1. The predicted octanol–water partition coefficient (Wildman–Crippen LogP) is 4.09. The zero-order chi connectivity index (χ0) is 24.4. The summed E-state index contributed by atoms with van der Waals surface area (Å²) in [7, 11) is 0. The lowest BCUT2D eigenvalue weighted by molar-refractivity contribution is -0.148. The number of carbonyl (C=O) groups is 2. The molecular formula is C26H21N5O4. The van der Waals surface area contributed by atoms with Gasteiger partial charge in [0.05, 0.1) is 5.56 Å². The molecule has 35 heavy (non-hydrogen) atoms. The highest BCUT2D eigenvalue weighted by atomic mass is 16.5. The number of aromatic nitrogens is 4. The van der Waals surface area contributed by atoms with Crippen molar-refractivity contribution in [1.29, 1.82) is 0 Å². The first-order valence-electron chi connectivity index (χ1n) is 11.0. The van der Waals surface area contributed by atoms with Crippen molar-refractivity contribution in [3.05, 3.63) is 95.6 Å². The molecule has 0 aliphatic carbocycles. The quantitative estimate of drug-likeness (QED) is 0.424. The Kier molecular flexibility index (Phi) is 5.88. The van der Waals surface area contributed by atoms with Crippen LogP contribution in [0.2, 0.25) is 0 Å². The van der Waals surface area contributed by atoms with E-state index in [1.54, 1.807) is 31.2 Å². The van der Waals surface area contributed by atoms with Gasteiger partial charge in [0.2, 0.25) is 0 Å². The Morgan fingerprint density at radius 3 is 2.43 bits per heavy atom. The molecular weight excluding hydrogens is 446 g/mol. The number of carbonyl (C=O) groups excluding carboxylic acids is 1. The third-order valence-corrected chi connectivity index (χ3v) is 5.98. The van der Waals surface area contributed by atoms with Gasteiger partial charge in [0.1, 0.15) is 18.6 Å². The lowest BCUT2D eigenvalue weighted by Gasteiger charge is -2.30. The zero-order valence-electron chi connectivity index (χ0n) is 18.8. The molecule has 0 saturated carbocycles. The molecule has 9 heteroatoms. The van der Waals surface area contributed by atoms with Gasteiger partial charge in [-0.15, -0.1) is 0 Å². The van der Waals surface area contributed by atoms with E-state index in [2.05, 4.69) is 20.5 Å². The molecule has 0 spiro atoms. The number of carboxylic acid groups (broad SMARTS) is 1. The molecule has 1 aliphatic heterocycles. The van der Waals surface area contributed by atoms with Crippen molar-refractivity contribution in [3.63, 3.8) is 0 Å². The Bertz CT molecular complexity index is 1410. The third-order valence-electron chi connectivity index (χ3n) is 5.98. The van der Waals surface area contributed by atoms with Crippen LogP contribution in [0.15, 0.2) is 83.9 Å². The molecule has 1 aromatic heterocycles. The first kappa shape index (κ1) is 22.1. The maximum absolute atomic E-state index is 13.4. The maximum atomic E-state index is 13.4. The SMILES string of the molecule is CC1=Nc2nnnn2C(c2ccccc2-c2ccc(C(=O)O)cc2)C1C(=O)OCc1ccccc1. The molecule has 5 rings (SSSR count). The number of rotatable bonds is 6. The number of fused-ring (bicyclic) bond motifs is 1. The van der Waals surface area contributed by atoms with E-state index in [4.69, 9.17) is 4.74 Å². The third kappa shape index (κ3) is 4.31. The monoisotopic (exact) mass is 467 g/mol. The van der Waals surface area contributed by atoms with Gasteiger partial charge in [-0.25, -0.2) is 14.5 Å². The van der Waals surface area contributed by atoms with E-state index in [0.29, 0.717) is 11.7 Å². The Morgan fingerprint density at radius 1 is 0.971 bits per heavy atom. The second-order valence-electron chi connectivity index (χ2n) is 8.16. The van der Waals surface area contributed by atoms with Crippen LogP contribution in [0.1, 0.15) is 34.5 Å². The topological polar surface area (TPSA) is 120 Å². The Balaban J connectivity index is 1.55. The molecule has 4 aromatic rings. The first-order valence-corrected chi connectivity index (χ1v) is 11.0. The molecule has 0 amide bonds. The van der Waals surface area contributed by atoms with Crippen molar-refractivity contribution < 1.29 is 19.4 Å². The van der Waals surface area contributed by atoms with Gasteiger partial charge < -0.3 is 9.84 Å². The van der Waals surface area contributed by atoms with Gasteiger partial charge in [-0.1, -0.05) is 71.8 Å².